The average Bonchev–Trinajstić information content (AvgIpc) is 2.64. The van der Waals surface area contributed by atoms with Gasteiger partial charge in [0.2, 0.25) is 0 Å². The molecule has 1 unspecified atom stereocenters. The molecule has 1 atom stereocenters. The number of aliphatic hydroxyl groups is 1. The Labute approximate surface area is 119 Å². The first kappa shape index (κ1) is 14.3. The summed E-state index contributed by atoms with van der Waals surface area (Å²) >= 11 is 7.73. The molecule has 0 aliphatic rings. The molecule has 0 aliphatic carbocycles. The van der Waals surface area contributed by atoms with Crippen molar-refractivity contribution < 1.29 is 5.11 Å². The van der Waals surface area contributed by atoms with Crippen molar-refractivity contribution in [1.82, 2.24) is 4.98 Å². The number of aliphatic hydroxyl groups excluding tert-OH is 1. The number of nitrogens with two attached hydrogens (primary N) is 1. The maximum Gasteiger partial charge on any atom is 0.160 e. The first-order valence-electron chi connectivity index (χ1n) is 4.33. The molecule has 1 heterocycles. The minimum Gasteiger partial charge on any atom is -0.390 e. The summed E-state index contributed by atoms with van der Waals surface area (Å²) in [6.45, 7) is 0. The van der Waals surface area contributed by atoms with E-state index in [2.05, 4.69) is 41.8 Å². The van der Waals surface area contributed by atoms with Crippen LogP contribution in [0.15, 0.2) is 25.3 Å². The first-order chi connectivity index (χ1) is 7.99. The molecular formula is C9H8Br2N4OS. The maximum atomic E-state index is 10.1. The highest BCUT2D eigenvalue weighted by Crippen LogP contribution is 2.33. The number of hydrogen-bond acceptors (Lipinski definition) is 6. The molecule has 0 saturated heterocycles. The lowest BCUT2D eigenvalue weighted by Crippen LogP contribution is -2.11. The summed E-state index contributed by atoms with van der Waals surface area (Å²) < 4.78 is 1.18. The van der Waals surface area contributed by atoms with Gasteiger partial charge in [0.15, 0.2) is 3.92 Å². The number of rotatable bonds is 3. The first-order valence-corrected chi connectivity index (χ1v) is 6.73. The van der Waals surface area contributed by atoms with Crippen molar-refractivity contribution in [3.8, 4) is 6.07 Å². The van der Waals surface area contributed by atoms with Gasteiger partial charge in [-0.2, -0.15) is 5.26 Å². The number of thiazole rings is 1. The lowest BCUT2D eigenvalue weighted by molar-refractivity contribution is 0.251. The summed E-state index contributed by atoms with van der Waals surface area (Å²) in [6, 6.07) is 1.77. The summed E-state index contributed by atoms with van der Waals surface area (Å²) in [5.41, 5.74) is 5.68. The van der Waals surface area contributed by atoms with E-state index in [4.69, 9.17) is 11.0 Å². The Kier molecular flexibility index (Phi) is 5.27. The number of aliphatic imine (C=N–C) groups is 1. The third kappa shape index (κ3) is 3.61. The molecule has 90 valence electrons. The minimum atomic E-state index is -0.968. The van der Waals surface area contributed by atoms with Crippen molar-refractivity contribution in [2.24, 2.45) is 10.7 Å². The fraction of sp³-hybridized carbons (Fsp3) is 0.222. The molecule has 3 N–H and O–H groups in total. The standard InChI is InChI=1S/C9H8Br2N4OS/c1-14-5(2-4(13)3-12)6(16)7-8(10)15-9(11)17-7/h2,6,16H,13H2,1H3. The topological polar surface area (TPSA) is 95.3 Å². The second kappa shape index (κ2) is 6.26. The van der Waals surface area contributed by atoms with Crippen LogP contribution in [-0.4, -0.2) is 22.8 Å². The van der Waals surface area contributed by atoms with E-state index in [0.29, 0.717) is 19.1 Å². The third-order valence-electron chi connectivity index (χ3n) is 1.80. The summed E-state index contributed by atoms with van der Waals surface area (Å²) in [4.78, 5) is 8.57. The molecule has 0 amide bonds. The fourth-order valence-electron chi connectivity index (χ4n) is 1.05. The van der Waals surface area contributed by atoms with Gasteiger partial charge in [-0.25, -0.2) is 4.98 Å². The molecule has 0 saturated carbocycles. The molecule has 0 radical (unpaired) electrons. The highest BCUT2D eigenvalue weighted by atomic mass is 79.9. The van der Waals surface area contributed by atoms with Crippen LogP contribution in [0.25, 0.3) is 0 Å². The summed E-state index contributed by atoms with van der Waals surface area (Å²) in [7, 11) is 1.52. The van der Waals surface area contributed by atoms with Crippen molar-refractivity contribution in [1.29, 1.82) is 5.26 Å². The second-order valence-corrected chi connectivity index (χ2v) is 5.94. The zero-order chi connectivity index (χ0) is 13.0. The van der Waals surface area contributed by atoms with Gasteiger partial charge in [0.25, 0.3) is 0 Å². The predicted octanol–water partition coefficient (Wildman–Crippen LogP) is 2.14. The molecule has 0 spiro atoms. The normalized spacial score (nSPS) is 14.5. The van der Waals surface area contributed by atoms with E-state index in [1.165, 1.54) is 24.5 Å². The van der Waals surface area contributed by atoms with Crippen LogP contribution < -0.4 is 5.73 Å². The summed E-state index contributed by atoms with van der Waals surface area (Å²) in [5, 5.41) is 18.7. The number of halogens is 2. The molecule has 0 fully saturated rings. The molecule has 0 aliphatic heterocycles. The lowest BCUT2D eigenvalue weighted by Gasteiger charge is -2.08. The van der Waals surface area contributed by atoms with Crippen LogP contribution in [0.2, 0.25) is 0 Å². The molecule has 17 heavy (non-hydrogen) atoms. The molecule has 1 aromatic rings. The highest BCUT2D eigenvalue weighted by molar-refractivity contribution is 9.11. The third-order valence-corrected chi connectivity index (χ3v) is 4.23. The van der Waals surface area contributed by atoms with E-state index in [-0.39, 0.29) is 5.70 Å². The van der Waals surface area contributed by atoms with Crippen LogP contribution in [0.4, 0.5) is 0 Å². The van der Waals surface area contributed by atoms with Crippen molar-refractivity contribution in [2.45, 2.75) is 6.10 Å². The van der Waals surface area contributed by atoms with E-state index in [0.717, 1.165) is 0 Å². The quantitative estimate of drug-likeness (QED) is 0.621. The van der Waals surface area contributed by atoms with E-state index in [1.54, 1.807) is 6.07 Å². The summed E-state index contributed by atoms with van der Waals surface area (Å²) in [6.07, 6.45) is 0.371. The molecule has 0 bridgehead atoms. The molecular weight excluding hydrogens is 372 g/mol. The van der Waals surface area contributed by atoms with Crippen LogP contribution >= 0.6 is 43.2 Å². The monoisotopic (exact) mass is 378 g/mol. The van der Waals surface area contributed by atoms with Gasteiger partial charge in [-0.3, -0.25) is 4.99 Å². The van der Waals surface area contributed by atoms with Crippen molar-refractivity contribution >= 4 is 48.9 Å². The smallest absolute Gasteiger partial charge is 0.160 e. The van der Waals surface area contributed by atoms with Crippen LogP contribution in [0.3, 0.4) is 0 Å². The largest absolute Gasteiger partial charge is 0.390 e. The van der Waals surface area contributed by atoms with Gasteiger partial charge in [0.05, 0.1) is 10.6 Å². The number of hydrogen-bond donors (Lipinski definition) is 2. The number of aromatic nitrogens is 1. The van der Waals surface area contributed by atoms with Gasteiger partial charge in [-0.05, 0) is 37.9 Å². The van der Waals surface area contributed by atoms with Gasteiger partial charge >= 0.3 is 0 Å². The molecule has 1 aromatic heterocycles. The van der Waals surface area contributed by atoms with E-state index in [9.17, 15) is 5.11 Å². The highest BCUT2D eigenvalue weighted by Gasteiger charge is 2.20. The molecule has 5 nitrogen and oxygen atoms in total. The molecule has 1 rings (SSSR count). The van der Waals surface area contributed by atoms with Gasteiger partial charge in [0.1, 0.15) is 22.5 Å². The van der Waals surface area contributed by atoms with Gasteiger partial charge in [-0.15, -0.1) is 11.3 Å². The zero-order valence-corrected chi connectivity index (χ0v) is 12.7. The Balaban J connectivity index is 3.08. The van der Waals surface area contributed by atoms with Crippen molar-refractivity contribution in [3.63, 3.8) is 0 Å². The van der Waals surface area contributed by atoms with Crippen LogP contribution in [0, 0.1) is 11.3 Å². The Morgan fingerprint density at radius 1 is 1.71 bits per heavy atom. The number of allylic oxidation sites excluding steroid dienone is 1. The number of nitrogens with zero attached hydrogens (tertiary/aromatic N) is 3. The Hall–Kier alpha value is -0.750. The Bertz CT molecular complexity index is 518. The molecule has 8 heteroatoms. The van der Waals surface area contributed by atoms with Gasteiger partial charge in [0, 0.05) is 7.05 Å². The Morgan fingerprint density at radius 3 is 2.76 bits per heavy atom. The van der Waals surface area contributed by atoms with Crippen LogP contribution in [0.1, 0.15) is 11.0 Å². The lowest BCUT2D eigenvalue weighted by atomic mass is 10.1. The predicted molar refractivity (Wildman–Crippen MR) is 73.7 cm³/mol. The molecule has 0 aromatic carbocycles. The minimum absolute atomic E-state index is 0.00986. The van der Waals surface area contributed by atoms with Crippen LogP contribution in [0.5, 0.6) is 0 Å². The number of nitriles is 1. The van der Waals surface area contributed by atoms with Crippen LogP contribution in [-0.2, 0) is 0 Å². The van der Waals surface area contributed by atoms with Crippen molar-refractivity contribution in [3.05, 3.63) is 25.2 Å². The summed E-state index contributed by atoms with van der Waals surface area (Å²) in [5.74, 6) is 0. The zero-order valence-electron chi connectivity index (χ0n) is 8.69. The second-order valence-electron chi connectivity index (χ2n) is 2.88. The maximum absolute atomic E-state index is 10.1. The Morgan fingerprint density at radius 2 is 2.35 bits per heavy atom. The van der Waals surface area contributed by atoms with E-state index in [1.807, 2.05) is 0 Å². The van der Waals surface area contributed by atoms with Gasteiger partial charge in [-0.1, -0.05) is 0 Å². The van der Waals surface area contributed by atoms with Crippen molar-refractivity contribution in [2.75, 3.05) is 7.05 Å². The van der Waals surface area contributed by atoms with E-state index >= 15 is 0 Å². The van der Waals surface area contributed by atoms with E-state index < -0.39 is 6.10 Å². The SMILES string of the molecule is CN=C(C=C(N)C#N)C(O)c1sc(Br)nc1Br. The van der Waals surface area contributed by atoms with Gasteiger partial charge < -0.3 is 10.8 Å². The fourth-order valence-corrected chi connectivity index (χ4v) is 3.42. The average molecular weight is 380 g/mol.